The lowest BCUT2D eigenvalue weighted by Crippen LogP contribution is -2.32. The Balaban J connectivity index is 2.19. The van der Waals surface area contributed by atoms with Crippen LogP contribution in [-0.4, -0.2) is 49.3 Å². The lowest BCUT2D eigenvalue weighted by molar-refractivity contribution is 0.140. The smallest absolute Gasteiger partial charge is 0.0589 e. The van der Waals surface area contributed by atoms with Crippen LogP contribution in [-0.2, 0) is 4.74 Å². The van der Waals surface area contributed by atoms with Gasteiger partial charge in [0.05, 0.1) is 6.61 Å². The number of ether oxygens (including phenoxy) is 1. The summed E-state index contributed by atoms with van der Waals surface area (Å²) < 4.78 is 5.10. The third-order valence-corrected chi connectivity index (χ3v) is 4.26. The number of thioether (sulfide) groups is 1. The van der Waals surface area contributed by atoms with Gasteiger partial charge in [-0.15, -0.1) is 0 Å². The standard InChI is InChI=1S/C11H23NOS/c1-4-14-11-6-5-10(9-11)12(2)7-8-13-3/h10-11H,4-9H2,1-3H3/t10-,11+/m1/s1. The van der Waals surface area contributed by atoms with Crippen molar-refractivity contribution >= 4 is 11.8 Å². The molecule has 1 rings (SSSR count). The minimum atomic E-state index is 0.800. The van der Waals surface area contributed by atoms with Crippen LogP contribution >= 0.6 is 11.8 Å². The molecule has 0 spiro atoms. The Kier molecular flexibility index (Phi) is 5.90. The van der Waals surface area contributed by atoms with Crippen molar-refractivity contribution in [1.82, 2.24) is 4.90 Å². The highest BCUT2D eigenvalue weighted by atomic mass is 32.2. The molecule has 1 aliphatic carbocycles. The Labute approximate surface area is 92.4 Å². The average Bonchev–Trinajstić information content (AvgIpc) is 2.63. The van der Waals surface area contributed by atoms with Gasteiger partial charge in [-0.1, -0.05) is 6.92 Å². The number of nitrogens with zero attached hydrogens (tertiary/aromatic N) is 1. The average molecular weight is 217 g/mol. The van der Waals surface area contributed by atoms with Gasteiger partial charge in [0.2, 0.25) is 0 Å². The van der Waals surface area contributed by atoms with Gasteiger partial charge >= 0.3 is 0 Å². The molecule has 0 aromatic carbocycles. The van der Waals surface area contributed by atoms with Crippen LogP contribution in [0.5, 0.6) is 0 Å². The summed E-state index contributed by atoms with van der Waals surface area (Å²) in [4.78, 5) is 2.46. The van der Waals surface area contributed by atoms with Crippen molar-refractivity contribution in [2.45, 2.75) is 37.5 Å². The fraction of sp³-hybridized carbons (Fsp3) is 1.00. The molecule has 2 atom stereocenters. The summed E-state index contributed by atoms with van der Waals surface area (Å²) in [6.45, 7) is 4.19. The molecule has 1 fully saturated rings. The summed E-state index contributed by atoms with van der Waals surface area (Å²) in [6.07, 6.45) is 4.15. The van der Waals surface area contributed by atoms with Crippen LogP contribution in [0.2, 0.25) is 0 Å². The van der Waals surface area contributed by atoms with E-state index in [1.807, 2.05) is 0 Å². The summed E-state index contributed by atoms with van der Waals surface area (Å²) in [6, 6.07) is 0.800. The van der Waals surface area contributed by atoms with E-state index >= 15 is 0 Å². The summed E-state index contributed by atoms with van der Waals surface area (Å²) in [5.74, 6) is 1.26. The summed E-state index contributed by atoms with van der Waals surface area (Å²) in [7, 11) is 4.00. The van der Waals surface area contributed by atoms with Crippen molar-refractivity contribution in [1.29, 1.82) is 0 Å². The summed E-state index contributed by atoms with van der Waals surface area (Å²) in [5.41, 5.74) is 0. The molecule has 84 valence electrons. The molecule has 0 heterocycles. The predicted octanol–water partition coefficient (Wildman–Crippen LogP) is 2.24. The SMILES string of the molecule is CCS[C@H]1CC[C@@H](N(C)CCOC)C1. The van der Waals surface area contributed by atoms with E-state index in [1.165, 1.54) is 25.0 Å². The number of hydrogen-bond donors (Lipinski definition) is 0. The molecule has 3 heteroatoms. The van der Waals surface area contributed by atoms with E-state index in [0.29, 0.717) is 0 Å². The number of rotatable bonds is 6. The highest BCUT2D eigenvalue weighted by Gasteiger charge is 2.26. The summed E-state index contributed by atoms with van der Waals surface area (Å²) in [5, 5.41) is 0.912. The monoisotopic (exact) mass is 217 g/mol. The highest BCUT2D eigenvalue weighted by molar-refractivity contribution is 7.99. The second-order valence-electron chi connectivity index (χ2n) is 4.02. The molecule has 0 unspecified atom stereocenters. The fourth-order valence-electron chi connectivity index (χ4n) is 2.12. The van der Waals surface area contributed by atoms with Crippen molar-refractivity contribution in [3.8, 4) is 0 Å². The first-order valence-electron chi connectivity index (χ1n) is 5.58. The first-order chi connectivity index (χ1) is 6.77. The van der Waals surface area contributed by atoms with Crippen molar-refractivity contribution in [3.05, 3.63) is 0 Å². The van der Waals surface area contributed by atoms with Gasteiger partial charge in [0.1, 0.15) is 0 Å². The topological polar surface area (TPSA) is 12.5 Å². The van der Waals surface area contributed by atoms with Gasteiger partial charge in [-0.05, 0) is 32.1 Å². The number of hydrogen-bond acceptors (Lipinski definition) is 3. The fourth-order valence-corrected chi connectivity index (χ4v) is 3.26. The van der Waals surface area contributed by atoms with Crippen LogP contribution in [0.15, 0.2) is 0 Å². The van der Waals surface area contributed by atoms with E-state index in [4.69, 9.17) is 4.74 Å². The molecule has 14 heavy (non-hydrogen) atoms. The molecule has 1 aliphatic rings. The van der Waals surface area contributed by atoms with E-state index < -0.39 is 0 Å². The second kappa shape index (κ2) is 6.70. The third-order valence-electron chi connectivity index (χ3n) is 3.03. The van der Waals surface area contributed by atoms with Crippen LogP contribution in [0.25, 0.3) is 0 Å². The largest absolute Gasteiger partial charge is 0.383 e. The van der Waals surface area contributed by atoms with E-state index in [0.717, 1.165) is 24.4 Å². The molecule has 0 aromatic heterocycles. The molecule has 0 aliphatic heterocycles. The minimum absolute atomic E-state index is 0.800. The Morgan fingerprint density at radius 2 is 2.21 bits per heavy atom. The molecule has 0 bridgehead atoms. The first-order valence-corrected chi connectivity index (χ1v) is 6.63. The summed E-state index contributed by atoms with van der Waals surface area (Å²) >= 11 is 2.13. The molecule has 1 saturated carbocycles. The quantitative estimate of drug-likeness (QED) is 0.677. The third kappa shape index (κ3) is 3.79. The Hall–Kier alpha value is 0.270. The molecular formula is C11H23NOS. The first kappa shape index (κ1) is 12.3. The number of methoxy groups -OCH3 is 1. The van der Waals surface area contributed by atoms with Crippen molar-refractivity contribution in [3.63, 3.8) is 0 Å². The lowest BCUT2D eigenvalue weighted by atomic mass is 10.2. The Morgan fingerprint density at radius 1 is 1.43 bits per heavy atom. The van der Waals surface area contributed by atoms with Gasteiger partial charge in [0.25, 0.3) is 0 Å². The zero-order chi connectivity index (χ0) is 10.4. The zero-order valence-electron chi connectivity index (χ0n) is 9.66. The van der Waals surface area contributed by atoms with Gasteiger partial charge in [-0.3, -0.25) is 0 Å². The van der Waals surface area contributed by atoms with Crippen LogP contribution in [0.3, 0.4) is 0 Å². The normalized spacial score (nSPS) is 27.4. The molecule has 0 amide bonds. The molecule has 0 N–H and O–H groups in total. The lowest BCUT2D eigenvalue weighted by Gasteiger charge is -2.23. The molecule has 0 aromatic rings. The predicted molar refractivity (Wildman–Crippen MR) is 64.1 cm³/mol. The molecule has 0 saturated heterocycles. The second-order valence-corrected chi connectivity index (χ2v) is 5.59. The van der Waals surface area contributed by atoms with Gasteiger partial charge in [-0.25, -0.2) is 0 Å². The zero-order valence-corrected chi connectivity index (χ0v) is 10.5. The minimum Gasteiger partial charge on any atom is -0.383 e. The molecule has 0 radical (unpaired) electrons. The van der Waals surface area contributed by atoms with Crippen LogP contribution < -0.4 is 0 Å². The van der Waals surface area contributed by atoms with Crippen LogP contribution in [0.4, 0.5) is 0 Å². The van der Waals surface area contributed by atoms with E-state index in [9.17, 15) is 0 Å². The molecular weight excluding hydrogens is 194 g/mol. The van der Waals surface area contributed by atoms with Crippen molar-refractivity contribution in [2.75, 3.05) is 33.1 Å². The van der Waals surface area contributed by atoms with E-state index in [-0.39, 0.29) is 0 Å². The maximum atomic E-state index is 5.10. The maximum absolute atomic E-state index is 5.10. The highest BCUT2D eigenvalue weighted by Crippen LogP contribution is 2.31. The van der Waals surface area contributed by atoms with Gasteiger partial charge in [-0.2, -0.15) is 11.8 Å². The van der Waals surface area contributed by atoms with E-state index in [1.54, 1.807) is 7.11 Å². The Bertz CT molecular complexity index is 154. The maximum Gasteiger partial charge on any atom is 0.0589 e. The van der Waals surface area contributed by atoms with Crippen LogP contribution in [0, 0.1) is 0 Å². The van der Waals surface area contributed by atoms with Gasteiger partial charge in [0, 0.05) is 24.9 Å². The van der Waals surface area contributed by atoms with Crippen molar-refractivity contribution in [2.24, 2.45) is 0 Å². The van der Waals surface area contributed by atoms with Crippen LogP contribution in [0.1, 0.15) is 26.2 Å². The Morgan fingerprint density at radius 3 is 2.86 bits per heavy atom. The van der Waals surface area contributed by atoms with Gasteiger partial charge < -0.3 is 9.64 Å². The van der Waals surface area contributed by atoms with Gasteiger partial charge in [0.15, 0.2) is 0 Å². The number of likely N-dealkylation sites (N-methyl/N-ethyl adjacent to an activating group) is 1. The van der Waals surface area contributed by atoms with Crippen molar-refractivity contribution < 1.29 is 4.74 Å². The molecule has 2 nitrogen and oxygen atoms in total. The van der Waals surface area contributed by atoms with E-state index in [2.05, 4.69) is 30.6 Å².